The minimum atomic E-state index is 0.641. The van der Waals surface area contributed by atoms with Gasteiger partial charge in [0.15, 0.2) is 11.5 Å². The van der Waals surface area contributed by atoms with Crippen molar-refractivity contribution in [2.24, 2.45) is 0 Å². The lowest BCUT2D eigenvalue weighted by atomic mass is 10.0. The molecule has 0 saturated carbocycles. The van der Waals surface area contributed by atoms with Gasteiger partial charge in [0, 0.05) is 24.3 Å². The summed E-state index contributed by atoms with van der Waals surface area (Å²) in [5.74, 6) is 1.71. The van der Waals surface area contributed by atoms with Crippen LogP contribution >= 0.6 is 0 Å². The predicted octanol–water partition coefficient (Wildman–Crippen LogP) is 2.35. The lowest BCUT2D eigenvalue weighted by Crippen LogP contribution is -2.40. The number of rotatable bonds is 3. The average Bonchev–Trinajstić information content (AvgIpc) is 2.46. The molecule has 0 aromatic heterocycles. The third kappa shape index (κ3) is 2.95. The third-order valence-corrected chi connectivity index (χ3v) is 4.01. The molecule has 0 aliphatic carbocycles. The lowest BCUT2D eigenvalue weighted by molar-refractivity contribution is 0.171. The van der Waals surface area contributed by atoms with Crippen molar-refractivity contribution in [2.45, 2.75) is 25.3 Å². The molecule has 2 aliphatic heterocycles. The number of piperidine rings is 1. The van der Waals surface area contributed by atoms with Gasteiger partial charge in [-0.1, -0.05) is 6.42 Å². The maximum atomic E-state index is 5.60. The maximum absolute atomic E-state index is 5.60. The minimum Gasteiger partial charge on any atom is -0.486 e. The van der Waals surface area contributed by atoms with Gasteiger partial charge in [0.05, 0.1) is 0 Å². The van der Waals surface area contributed by atoms with E-state index in [1.807, 2.05) is 12.1 Å². The number of hydrogen-bond donors (Lipinski definition) is 1. The zero-order valence-electron chi connectivity index (χ0n) is 11.5. The van der Waals surface area contributed by atoms with Crippen molar-refractivity contribution in [2.75, 3.05) is 38.7 Å². The van der Waals surface area contributed by atoms with E-state index in [1.165, 1.54) is 25.8 Å². The Morgan fingerprint density at radius 1 is 1.21 bits per heavy atom. The Labute approximate surface area is 114 Å². The fourth-order valence-corrected chi connectivity index (χ4v) is 2.79. The third-order valence-electron chi connectivity index (χ3n) is 4.01. The molecule has 3 rings (SSSR count). The Bertz CT molecular complexity index is 436. The van der Waals surface area contributed by atoms with Crippen LogP contribution < -0.4 is 14.8 Å². The molecular formula is C15H22N2O2. The number of hydrogen-bond acceptors (Lipinski definition) is 4. The summed E-state index contributed by atoms with van der Waals surface area (Å²) in [5, 5.41) is 3.52. The Morgan fingerprint density at radius 2 is 2.05 bits per heavy atom. The number of fused-ring (bicyclic) bond motifs is 1. The average molecular weight is 262 g/mol. The Morgan fingerprint density at radius 3 is 2.89 bits per heavy atom. The first-order chi connectivity index (χ1) is 9.33. The Balaban J connectivity index is 1.60. The van der Waals surface area contributed by atoms with E-state index in [1.54, 1.807) is 0 Å². The molecule has 104 valence electrons. The standard InChI is InChI=1S/C15H22N2O2/c1-17-7-3-2-4-13(17)11-16-12-5-6-14-15(10-12)19-9-8-18-14/h5-6,10,13,16H,2-4,7-9,11H2,1H3. The van der Waals surface area contributed by atoms with Gasteiger partial charge in [0.1, 0.15) is 13.2 Å². The number of likely N-dealkylation sites (N-methyl/N-ethyl adjacent to an activating group) is 1. The summed E-state index contributed by atoms with van der Waals surface area (Å²) in [5.41, 5.74) is 1.11. The first-order valence-electron chi connectivity index (χ1n) is 7.17. The summed E-state index contributed by atoms with van der Waals surface area (Å²) in [6.07, 6.45) is 3.96. The molecule has 2 aliphatic rings. The molecule has 1 aromatic rings. The van der Waals surface area contributed by atoms with Crippen LogP contribution in [0, 0.1) is 0 Å². The second-order valence-electron chi connectivity index (χ2n) is 5.37. The highest BCUT2D eigenvalue weighted by molar-refractivity contribution is 5.55. The summed E-state index contributed by atoms with van der Waals surface area (Å²) in [7, 11) is 2.22. The Kier molecular flexibility index (Phi) is 3.78. The van der Waals surface area contributed by atoms with Crippen molar-refractivity contribution in [1.29, 1.82) is 0 Å². The van der Waals surface area contributed by atoms with Gasteiger partial charge in [0.25, 0.3) is 0 Å². The first-order valence-corrected chi connectivity index (χ1v) is 7.17. The molecule has 19 heavy (non-hydrogen) atoms. The fraction of sp³-hybridized carbons (Fsp3) is 0.600. The number of benzene rings is 1. The molecule has 2 heterocycles. The van der Waals surface area contributed by atoms with Crippen molar-refractivity contribution in [3.63, 3.8) is 0 Å². The predicted molar refractivity (Wildman–Crippen MR) is 76.2 cm³/mol. The molecule has 0 bridgehead atoms. The van der Waals surface area contributed by atoms with Gasteiger partial charge in [-0.05, 0) is 38.6 Å². The van der Waals surface area contributed by atoms with E-state index in [0.717, 1.165) is 23.7 Å². The zero-order valence-corrected chi connectivity index (χ0v) is 11.5. The lowest BCUT2D eigenvalue weighted by Gasteiger charge is -2.32. The van der Waals surface area contributed by atoms with E-state index in [0.29, 0.717) is 19.3 Å². The SMILES string of the molecule is CN1CCCCC1CNc1ccc2c(c1)OCCO2. The summed E-state index contributed by atoms with van der Waals surface area (Å²) in [4.78, 5) is 2.45. The monoisotopic (exact) mass is 262 g/mol. The highest BCUT2D eigenvalue weighted by Gasteiger charge is 2.18. The van der Waals surface area contributed by atoms with Crippen molar-refractivity contribution in [1.82, 2.24) is 4.90 Å². The van der Waals surface area contributed by atoms with Crippen LogP contribution in [0.25, 0.3) is 0 Å². The molecule has 1 aromatic carbocycles. The van der Waals surface area contributed by atoms with Crippen LogP contribution in [0.3, 0.4) is 0 Å². The van der Waals surface area contributed by atoms with Gasteiger partial charge in [-0.3, -0.25) is 0 Å². The van der Waals surface area contributed by atoms with E-state index >= 15 is 0 Å². The number of anilines is 1. The maximum Gasteiger partial charge on any atom is 0.163 e. The van der Waals surface area contributed by atoms with Gasteiger partial charge >= 0.3 is 0 Å². The second-order valence-corrected chi connectivity index (χ2v) is 5.37. The van der Waals surface area contributed by atoms with E-state index in [4.69, 9.17) is 9.47 Å². The second kappa shape index (κ2) is 5.70. The van der Waals surface area contributed by atoms with Crippen LogP contribution in [0.4, 0.5) is 5.69 Å². The normalized spacial score (nSPS) is 23.1. The van der Waals surface area contributed by atoms with Crippen LogP contribution in [0.1, 0.15) is 19.3 Å². The van der Waals surface area contributed by atoms with E-state index in [9.17, 15) is 0 Å². The van der Waals surface area contributed by atoms with Crippen molar-refractivity contribution < 1.29 is 9.47 Å². The zero-order chi connectivity index (χ0) is 13.1. The topological polar surface area (TPSA) is 33.7 Å². The van der Waals surface area contributed by atoms with Crippen LogP contribution in [0.5, 0.6) is 11.5 Å². The molecule has 1 saturated heterocycles. The van der Waals surface area contributed by atoms with Gasteiger partial charge < -0.3 is 19.7 Å². The number of ether oxygens (including phenoxy) is 2. The number of nitrogens with one attached hydrogen (secondary N) is 1. The highest BCUT2D eigenvalue weighted by Crippen LogP contribution is 2.32. The smallest absolute Gasteiger partial charge is 0.163 e. The van der Waals surface area contributed by atoms with E-state index < -0.39 is 0 Å². The summed E-state index contributed by atoms with van der Waals surface area (Å²) >= 11 is 0. The molecule has 0 radical (unpaired) electrons. The highest BCUT2D eigenvalue weighted by atomic mass is 16.6. The molecule has 4 nitrogen and oxygen atoms in total. The van der Waals surface area contributed by atoms with E-state index in [2.05, 4.69) is 23.3 Å². The van der Waals surface area contributed by atoms with Crippen LogP contribution in [0.15, 0.2) is 18.2 Å². The van der Waals surface area contributed by atoms with Crippen molar-refractivity contribution >= 4 is 5.69 Å². The molecule has 1 fully saturated rings. The van der Waals surface area contributed by atoms with Gasteiger partial charge in [-0.2, -0.15) is 0 Å². The number of likely N-dealkylation sites (tertiary alicyclic amines) is 1. The van der Waals surface area contributed by atoms with Gasteiger partial charge in [0.2, 0.25) is 0 Å². The van der Waals surface area contributed by atoms with Crippen LogP contribution in [0.2, 0.25) is 0 Å². The quantitative estimate of drug-likeness (QED) is 0.906. The Hall–Kier alpha value is -1.42. The van der Waals surface area contributed by atoms with E-state index in [-0.39, 0.29) is 0 Å². The summed E-state index contributed by atoms with van der Waals surface area (Å²) in [6.45, 7) is 3.50. The van der Waals surface area contributed by atoms with Gasteiger partial charge in [-0.25, -0.2) is 0 Å². The largest absolute Gasteiger partial charge is 0.486 e. The van der Waals surface area contributed by atoms with Gasteiger partial charge in [-0.15, -0.1) is 0 Å². The molecule has 1 unspecified atom stereocenters. The number of nitrogens with zero attached hydrogens (tertiary/aromatic N) is 1. The molecule has 1 atom stereocenters. The molecule has 4 heteroatoms. The van der Waals surface area contributed by atoms with Crippen molar-refractivity contribution in [3.8, 4) is 11.5 Å². The fourth-order valence-electron chi connectivity index (χ4n) is 2.79. The molecule has 1 N–H and O–H groups in total. The molecule has 0 spiro atoms. The summed E-state index contributed by atoms with van der Waals surface area (Å²) in [6, 6.07) is 6.73. The van der Waals surface area contributed by atoms with Crippen molar-refractivity contribution in [3.05, 3.63) is 18.2 Å². The first kappa shape index (κ1) is 12.6. The molecular weight excluding hydrogens is 240 g/mol. The molecule has 0 amide bonds. The van der Waals surface area contributed by atoms with Crippen LogP contribution in [-0.4, -0.2) is 44.3 Å². The minimum absolute atomic E-state index is 0.641. The summed E-state index contributed by atoms with van der Waals surface area (Å²) < 4.78 is 11.1. The van der Waals surface area contributed by atoms with Crippen LogP contribution in [-0.2, 0) is 0 Å².